The summed E-state index contributed by atoms with van der Waals surface area (Å²) in [6.07, 6.45) is 1.09. The van der Waals surface area contributed by atoms with Crippen molar-refractivity contribution in [2.24, 2.45) is 11.7 Å². The molecule has 0 bridgehead atoms. The van der Waals surface area contributed by atoms with E-state index in [4.69, 9.17) is 10.5 Å². The Hall–Kier alpha value is -0.670. The van der Waals surface area contributed by atoms with E-state index >= 15 is 0 Å². The van der Waals surface area contributed by atoms with Gasteiger partial charge < -0.3 is 10.5 Å². The summed E-state index contributed by atoms with van der Waals surface area (Å²) < 4.78 is 5.74. The lowest BCUT2D eigenvalue weighted by molar-refractivity contribution is 0.318. The number of rotatable bonds is 8. The Morgan fingerprint density at radius 3 is 2.72 bits per heavy atom. The predicted molar refractivity (Wildman–Crippen MR) is 81.6 cm³/mol. The van der Waals surface area contributed by atoms with Crippen LogP contribution in [0.4, 0.5) is 0 Å². The van der Waals surface area contributed by atoms with Crippen LogP contribution in [0.3, 0.4) is 0 Å². The van der Waals surface area contributed by atoms with Crippen molar-refractivity contribution in [2.45, 2.75) is 27.2 Å². The van der Waals surface area contributed by atoms with Crippen molar-refractivity contribution in [3.63, 3.8) is 0 Å². The summed E-state index contributed by atoms with van der Waals surface area (Å²) in [7, 11) is 0. The average molecular weight is 267 g/mol. The molecular weight excluding hydrogens is 242 g/mol. The molecule has 18 heavy (non-hydrogen) atoms. The molecule has 0 heterocycles. The van der Waals surface area contributed by atoms with E-state index in [0.29, 0.717) is 5.92 Å². The van der Waals surface area contributed by atoms with Crippen LogP contribution in [-0.4, -0.2) is 24.7 Å². The average Bonchev–Trinajstić information content (AvgIpc) is 2.37. The molecule has 0 aliphatic rings. The van der Waals surface area contributed by atoms with Gasteiger partial charge in [0.1, 0.15) is 5.75 Å². The lowest BCUT2D eigenvalue weighted by atomic mass is 10.1. The van der Waals surface area contributed by atoms with Gasteiger partial charge in [0.15, 0.2) is 0 Å². The first-order chi connectivity index (χ1) is 8.63. The summed E-state index contributed by atoms with van der Waals surface area (Å²) >= 11 is 1.97. The van der Waals surface area contributed by atoms with Crippen LogP contribution in [-0.2, 0) is 0 Å². The maximum absolute atomic E-state index is 5.74. The minimum atomic E-state index is 0.621. The van der Waals surface area contributed by atoms with Crippen LogP contribution in [0, 0.1) is 19.8 Å². The smallest absolute Gasteiger partial charge is 0.119 e. The molecule has 0 aliphatic heterocycles. The first-order valence-electron chi connectivity index (χ1n) is 6.61. The number of ether oxygens (including phenoxy) is 1. The number of aryl methyl sites for hydroxylation is 2. The molecular formula is C15H25NOS. The lowest BCUT2D eigenvalue weighted by Gasteiger charge is -2.09. The Kier molecular flexibility index (Phi) is 7.21. The highest BCUT2D eigenvalue weighted by molar-refractivity contribution is 7.99. The summed E-state index contributed by atoms with van der Waals surface area (Å²) in [4.78, 5) is 0. The van der Waals surface area contributed by atoms with Crippen molar-refractivity contribution >= 4 is 11.8 Å². The molecule has 0 aliphatic carbocycles. The minimum absolute atomic E-state index is 0.621. The zero-order valence-corrected chi connectivity index (χ0v) is 12.6. The Morgan fingerprint density at radius 2 is 2.06 bits per heavy atom. The number of nitrogens with two attached hydrogens (primary N) is 1. The molecule has 1 atom stereocenters. The second-order valence-corrected chi connectivity index (χ2v) is 6.01. The van der Waals surface area contributed by atoms with E-state index in [0.717, 1.165) is 36.8 Å². The summed E-state index contributed by atoms with van der Waals surface area (Å²) in [6.45, 7) is 8.01. The third-order valence-corrected chi connectivity index (χ3v) is 4.37. The fourth-order valence-electron chi connectivity index (χ4n) is 1.51. The number of thioether (sulfide) groups is 1. The summed E-state index contributed by atoms with van der Waals surface area (Å²) in [5.41, 5.74) is 8.18. The molecule has 2 nitrogen and oxygen atoms in total. The summed E-state index contributed by atoms with van der Waals surface area (Å²) in [5, 5.41) is 0. The number of benzene rings is 1. The van der Waals surface area contributed by atoms with E-state index in [2.05, 4.69) is 32.9 Å². The molecule has 1 aromatic carbocycles. The normalized spacial score (nSPS) is 12.4. The Labute approximate surface area is 115 Å². The molecule has 0 spiro atoms. The van der Waals surface area contributed by atoms with Crippen molar-refractivity contribution in [1.82, 2.24) is 0 Å². The Bertz CT molecular complexity index is 354. The van der Waals surface area contributed by atoms with Crippen molar-refractivity contribution in [1.29, 1.82) is 0 Å². The molecule has 102 valence electrons. The van der Waals surface area contributed by atoms with E-state index in [-0.39, 0.29) is 0 Å². The molecule has 3 heteroatoms. The van der Waals surface area contributed by atoms with Crippen molar-refractivity contribution in [2.75, 3.05) is 24.7 Å². The van der Waals surface area contributed by atoms with Crippen LogP contribution < -0.4 is 10.5 Å². The highest BCUT2D eigenvalue weighted by Gasteiger charge is 2.00. The van der Waals surface area contributed by atoms with E-state index < -0.39 is 0 Å². The molecule has 0 radical (unpaired) electrons. The van der Waals surface area contributed by atoms with Crippen LogP contribution in [0.1, 0.15) is 24.5 Å². The third-order valence-electron chi connectivity index (χ3n) is 2.98. The lowest BCUT2D eigenvalue weighted by Crippen LogP contribution is -2.13. The largest absolute Gasteiger partial charge is 0.494 e. The first-order valence-corrected chi connectivity index (χ1v) is 7.76. The summed E-state index contributed by atoms with van der Waals surface area (Å²) in [5.74, 6) is 3.91. The fourth-order valence-corrected chi connectivity index (χ4v) is 2.53. The number of hydrogen-bond acceptors (Lipinski definition) is 3. The molecule has 2 N–H and O–H groups in total. The van der Waals surface area contributed by atoms with Gasteiger partial charge in [0.2, 0.25) is 0 Å². The van der Waals surface area contributed by atoms with Crippen molar-refractivity contribution < 1.29 is 4.74 Å². The van der Waals surface area contributed by atoms with E-state index in [1.807, 2.05) is 17.8 Å². The van der Waals surface area contributed by atoms with Gasteiger partial charge in [-0.3, -0.25) is 0 Å². The third kappa shape index (κ3) is 5.78. The molecule has 0 saturated heterocycles. The van der Waals surface area contributed by atoms with Gasteiger partial charge in [-0.1, -0.05) is 13.0 Å². The maximum atomic E-state index is 5.74. The summed E-state index contributed by atoms with van der Waals surface area (Å²) in [6, 6.07) is 6.27. The van der Waals surface area contributed by atoms with Crippen LogP contribution >= 0.6 is 11.8 Å². The highest BCUT2D eigenvalue weighted by Crippen LogP contribution is 2.17. The van der Waals surface area contributed by atoms with Crippen LogP contribution in [0.2, 0.25) is 0 Å². The first kappa shape index (κ1) is 15.4. The highest BCUT2D eigenvalue weighted by atomic mass is 32.2. The van der Waals surface area contributed by atoms with E-state index in [1.165, 1.54) is 11.1 Å². The predicted octanol–water partition coefficient (Wildman–Crippen LogP) is 3.40. The molecule has 0 amide bonds. The van der Waals surface area contributed by atoms with Crippen molar-refractivity contribution in [3.05, 3.63) is 29.3 Å². The Morgan fingerprint density at radius 1 is 1.28 bits per heavy atom. The van der Waals surface area contributed by atoms with Gasteiger partial charge in [0, 0.05) is 0 Å². The van der Waals surface area contributed by atoms with Gasteiger partial charge in [-0.05, 0) is 67.5 Å². The van der Waals surface area contributed by atoms with Crippen LogP contribution in [0.25, 0.3) is 0 Å². The van der Waals surface area contributed by atoms with Gasteiger partial charge in [-0.15, -0.1) is 0 Å². The van der Waals surface area contributed by atoms with E-state index in [1.54, 1.807) is 0 Å². The molecule has 0 saturated carbocycles. The van der Waals surface area contributed by atoms with Gasteiger partial charge in [-0.2, -0.15) is 11.8 Å². The standard InChI is InChI=1S/C15H25NOS/c1-12(10-16)11-18-8-4-7-17-15-6-5-13(2)14(3)9-15/h5-6,9,12H,4,7-8,10-11,16H2,1-3H3. The fraction of sp³-hybridized carbons (Fsp3) is 0.600. The molecule has 0 fully saturated rings. The van der Waals surface area contributed by atoms with Crippen LogP contribution in [0.5, 0.6) is 5.75 Å². The molecule has 0 aromatic heterocycles. The van der Waals surface area contributed by atoms with E-state index in [9.17, 15) is 0 Å². The van der Waals surface area contributed by atoms with Gasteiger partial charge in [0.05, 0.1) is 6.61 Å². The quantitative estimate of drug-likeness (QED) is 0.733. The maximum Gasteiger partial charge on any atom is 0.119 e. The second-order valence-electron chi connectivity index (χ2n) is 4.86. The van der Waals surface area contributed by atoms with Crippen molar-refractivity contribution in [3.8, 4) is 5.75 Å². The topological polar surface area (TPSA) is 35.2 Å². The molecule has 1 aromatic rings. The van der Waals surface area contributed by atoms with Gasteiger partial charge in [-0.25, -0.2) is 0 Å². The number of hydrogen-bond donors (Lipinski definition) is 1. The molecule has 1 unspecified atom stereocenters. The monoisotopic (exact) mass is 267 g/mol. The zero-order chi connectivity index (χ0) is 13.4. The SMILES string of the molecule is Cc1ccc(OCCCSCC(C)CN)cc1C. The molecule has 1 rings (SSSR count). The second kappa shape index (κ2) is 8.44. The Balaban J connectivity index is 2.12. The van der Waals surface area contributed by atoms with Gasteiger partial charge in [0.25, 0.3) is 0 Å². The van der Waals surface area contributed by atoms with Gasteiger partial charge >= 0.3 is 0 Å². The zero-order valence-electron chi connectivity index (χ0n) is 11.7. The minimum Gasteiger partial charge on any atom is -0.494 e. The van der Waals surface area contributed by atoms with Crippen LogP contribution in [0.15, 0.2) is 18.2 Å².